The molecule has 2 atom stereocenters. The van der Waals surface area contributed by atoms with Crippen LogP contribution in [0.5, 0.6) is 0 Å². The highest BCUT2D eigenvalue weighted by Crippen LogP contribution is 2.28. The number of ether oxygens (including phenoxy) is 1. The fourth-order valence-electron chi connectivity index (χ4n) is 1.74. The van der Waals surface area contributed by atoms with Gasteiger partial charge in [0.1, 0.15) is 0 Å². The molecule has 2 unspecified atom stereocenters. The Bertz CT molecular complexity index is 172. The molecule has 1 fully saturated rings. The van der Waals surface area contributed by atoms with Crippen LogP contribution in [0.15, 0.2) is 0 Å². The van der Waals surface area contributed by atoms with E-state index >= 15 is 0 Å². The topological polar surface area (TPSA) is 35.2 Å². The lowest BCUT2D eigenvalue weighted by atomic mass is 10.1. The van der Waals surface area contributed by atoms with Gasteiger partial charge in [-0.25, -0.2) is 0 Å². The largest absolute Gasteiger partial charge is 0.393 e. The van der Waals surface area contributed by atoms with Crippen LogP contribution in [0.1, 0.15) is 39.0 Å². The molecule has 2 nitrogen and oxygen atoms in total. The Morgan fingerprint density at radius 2 is 2.31 bits per heavy atom. The minimum Gasteiger partial charge on any atom is -0.393 e. The van der Waals surface area contributed by atoms with E-state index in [1.165, 1.54) is 6.42 Å². The van der Waals surface area contributed by atoms with Crippen molar-refractivity contribution in [1.29, 1.82) is 0 Å². The first-order valence-electron chi connectivity index (χ1n) is 5.15. The summed E-state index contributed by atoms with van der Waals surface area (Å²) in [5, 5.41) is 0. The molecule has 0 spiro atoms. The summed E-state index contributed by atoms with van der Waals surface area (Å²) in [7, 11) is 0. The van der Waals surface area contributed by atoms with E-state index in [-0.39, 0.29) is 0 Å². The van der Waals surface area contributed by atoms with Crippen molar-refractivity contribution in [2.24, 2.45) is 11.7 Å². The summed E-state index contributed by atoms with van der Waals surface area (Å²) in [6, 6.07) is 0. The molecule has 0 aromatic rings. The number of nitrogens with two attached hydrogens (primary N) is 1. The van der Waals surface area contributed by atoms with Gasteiger partial charge in [0.25, 0.3) is 0 Å². The monoisotopic (exact) mass is 201 g/mol. The van der Waals surface area contributed by atoms with Crippen LogP contribution in [-0.2, 0) is 4.74 Å². The zero-order valence-electron chi connectivity index (χ0n) is 8.29. The molecule has 1 rings (SSSR count). The van der Waals surface area contributed by atoms with E-state index in [4.69, 9.17) is 22.7 Å². The van der Waals surface area contributed by atoms with E-state index in [9.17, 15) is 0 Å². The maximum absolute atomic E-state index is 5.71. The second kappa shape index (κ2) is 5.55. The molecule has 0 saturated heterocycles. The van der Waals surface area contributed by atoms with Gasteiger partial charge in [-0.05, 0) is 25.7 Å². The lowest BCUT2D eigenvalue weighted by Crippen LogP contribution is -2.19. The number of hydrogen-bond acceptors (Lipinski definition) is 2. The van der Waals surface area contributed by atoms with Gasteiger partial charge >= 0.3 is 0 Å². The van der Waals surface area contributed by atoms with Gasteiger partial charge in [-0.2, -0.15) is 0 Å². The molecule has 0 amide bonds. The van der Waals surface area contributed by atoms with Crippen LogP contribution in [-0.4, -0.2) is 17.7 Å². The van der Waals surface area contributed by atoms with Crippen molar-refractivity contribution in [3.63, 3.8) is 0 Å². The van der Waals surface area contributed by atoms with Crippen molar-refractivity contribution in [3.05, 3.63) is 0 Å². The third-order valence-corrected chi connectivity index (χ3v) is 2.97. The fraction of sp³-hybridized carbons (Fsp3) is 0.900. The first kappa shape index (κ1) is 10.9. The van der Waals surface area contributed by atoms with E-state index in [1.807, 2.05) is 0 Å². The molecular formula is C10H19NOS. The van der Waals surface area contributed by atoms with Gasteiger partial charge in [0.05, 0.1) is 11.1 Å². The number of thiocarbonyl (C=S) groups is 1. The Morgan fingerprint density at radius 1 is 1.54 bits per heavy atom. The molecule has 0 aromatic carbocycles. The average molecular weight is 201 g/mol. The second-order valence-electron chi connectivity index (χ2n) is 3.76. The molecular weight excluding hydrogens is 182 g/mol. The fourth-order valence-corrected chi connectivity index (χ4v) is 1.96. The van der Waals surface area contributed by atoms with E-state index in [0.717, 1.165) is 32.3 Å². The zero-order valence-corrected chi connectivity index (χ0v) is 9.11. The third-order valence-electron chi connectivity index (χ3n) is 2.64. The normalized spacial score (nSPS) is 27.8. The first-order valence-corrected chi connectivity index (χ1v) is 5.55. The maximum atomic E-state index is 5.71. The Kier molecular flexibility index (Phi) is 4.67. The van der Waals surface area contributed by atoms with E-state index < -0.39 is 0 Å². The zero-order chi connectivity index (χ0) is 9.68. The standard InChI is InChI=1S/C10H19NOS/c1-2-3-6-12-9-5-4-8(7-9)10(11)13/h8-9H,2-7H2,1H3,(H2,11,13). The summed E-state index contributed by atoms with van der Waals surface area (Å²) in [6.07, 6.45) is 6.06. The smallest absolute Gasteiger partial charge is 0.0759 e. The van der Waals surface area contributed by atoms with Gasteiger partial charge in [-0.1, -0.05) is 25.6 Å². The minimum absolute atomic E-state index is 0.415. The highest BCUT2D eigenvalue weighted by atomic mass is 32.1. The van der Waals surface area contributed by atoms with Gasteiger partial charge in [-0.15, -0.1) is 0 Å². The summed E-state index contributed by atoms with van der Waals surface area (Å²) in [5.74, 6) is 0.432. The van der Waals surface area contributed by atoms with Crippen LogP contribution >= 0.6 is 12.2 Å². The molecule has 0 aliphatic heterocycles. The quantitative estimate of drug-likeness (QED) is 0.547. The van der Waals surface area contributed by atoms with Gasteiger partial charge in [0.2, 0.25) is 0 Å². The van der Waals surface area contributed by atoms with Gasteiger partial charge in [0, 0.05) is 12.5 Å². The van der Waals surface area contributed by atoms with Crippen molar-refractivity contribution in [2.45, 2.75) is 45.1 Å². The lowest BCUT2D eigenvalue weighted by Gasteiger charge is -2.11. The number of hydrogen-bond donors (Lipinski definition) is 1. The Morgan fingerprint density at radius 3 is 2.85 bits per heavy atom. The molecule has 1 aliphatic carbocycles. The lowest BCUT2D eigenvalue weighted by molar-refractivity contribution is 0.0553. The van der Waals surface area contributed by atoms with Crippen molar-refractivity contribution >= 4 is 17.2 Å². The molecule has 0 bridgehead atoms. The van der Waals surface area contributed by atoms with Crippen LogP contribution in [0, 0.1) is 5.92 Å². The van der Waals surface area contributed by atoms with Gasteiger partial charge in [0.15, 0.2) is 0 Å². The second-order valence-corrected chi connectivity index (χ2v) is 4.23. The summed E-state index contributed by atoms with van der Waals surface area (Å²) < 4.78 is 5.71. The first-order chi connectivity index (χ1) is 6.24. The Hall–Kier alpha value is -0.150. The molecule has 1 saturated carbocycles. The highest BCUT2D eigenvalue weighted by molar-refractivity contribution is 7.80. The van der Waals surface area contributed by atoms with Crippen molar-refractivity contribution < 1.29 is 4.74 Å². The van der Waals surface area contributed by atoms with Crippen molar-refractivity contribution in [1.82, 2.24) is 0 Å². The maximum Gasteiger partial charge on any atom is 0.0759 e. The molecule has 76 valence electrons. The van der Waals surface area contributed by atoms with Crippen molar-refractivity contribution in [2.75, 3.05) is 6.61 Å². The van der Waals surface area contributed by atoms with Crippen LogP contribution in [0.4, 0.5) is 0 Å². The van der Waals surface area contributed by atoms with Crippen LogP contribution in [0.25, 0.3) is 0 Å². The molecule has 0 heterocycles. The van der Waals surface area contributed by atoms with E-state index in [0.29, 0.717) is 17.0 Å². The van der Waals surface area contributed by atoms with Crippen LogP contribution in [0.3, 0.4) is 0 Å². The SMILES string of the molecule is CCCCOC1CCC(C(N)=S)C1. The summed E-state index contributed by atoms with van der Waals surface area (Å²) in [4.78, 5) is 0.668. The van der Waals surface area contributed by atoms with E-state index in [1.54, 1.807) is 0 Å². The highest BCUT2D eigenvalue weighted by Gasteiger charge is 2.26. The summed E-state index contributed by atoms with van der Waals surface area (Å²) >= 11 is 4.97. The van der Waals surface area contributed by atoms with Crippen molar-refractivity contribution in [3.8, 4) is 0 Å². The number of rotatable bonds is 5. The summed E-state index contributed by atoms with van der Waals surface area (Å²) in [6.45, 7) is 3.07. The summed E-state index contributed by atoms with van der Waals surface area (Å²) in [5.41, 5.74) is 5.59. The third kappa shape index (κ3) is 3.61. The molecule has 1 aliphatic rings. The molecule has 3 heteroatoms. The Balaban J connectivity index is 2.14. The van der Waals surface area contributed by atoms with Crippen LogP contribution < -0.4 is 5.73 Å². The van der Waals surface area contributed by atoms with Crippen LogP contribution in [0.2, 0.25) is 0 Å². The van der Waals surface area contributed by atoms with E-state index in [2.05, 4.69) is 6.92 Å². The molecule has 2 N–H and O–H groups in total. The van der Waals surface area contributed by atoms with Gasteiger partial charge in [-0.3, -0.25) is 0 Å². The minimum atomic E-state index is 0.415. The number of unbranched alkanes of at least 4 members (excludes halogenated alkanes) is 1. The molecule has 0 radical (unpaired) electrons. The van der Waals surface area contributed by atoms with Gasteiger partial charge < -0.3 is 10.5 Å². The predicted molar refractivity (Wildman–Crippen MR) is 58.8 cm³/mol. The molecule has 0 aromatic heterocycles. The molecule has 13 heavy (non-hydrogen) atoms. The predicted octanol–water partition coefficient (Wildman–Crippen LogP) is 2.26. The Labute approximate surface area is 85.8 Å². The average Bonchev–Trinajstić information content (AvgIpc) is 2.53.